The number of hydrogen-bond acceptors (Lipinski definition) is 4. The molecule has 2 aliphatic rings. The number of rotatable bonds is 4. The standard InChI is InChI=1S/C22H23FN2O4/c23-18-6-4-16(5-7-18)22(27)25-9-1-2-17(14-25)21(26)24-13-15-3-8-19-20(12-15)29-11-10-28-19/h3-8,12,17H,1-2,9-11,13-14H2,(H,24,26). The van der Waals surface area contributed by atoms with Gasteiger partial charge >= 0.3 is 0 Å². The first kappa shape index (κ1) is 19.2. The summed E-state index contributed by atoms with van der Waals surface area (Å²) in [6.45, 7) is 2.41. The van der Waals surface area contributed by atoms with E-state index in [1.165, 1.54) is 24.3 Å². The van der Waals surface area contributed by atoms with E-state index in [0.29, 0.717) is 49.9 Å². The Hall–Kier alpha value is -3.09. The number of hydrogen-bond donors (Lipinski definition) is 1. The molecule has 1 unspecified atom stereocenters. The summed E-state index contributed by atoms with van der Waals surface area (Å²) in [4.78, 5) is 27.0. The molecule has 1 fully saturated rings. The van der Waals surface area contributed by atoms with E-state index in [0.717, 1.165) is 18.4 Å². The molecule has 2 heterocycles. The highest BCUT2D eigenvalue weighted by atomic mass is 19.1. The lowest BCUT2D eigenvalue weighted by Gasteiger charge is -2.32. The number of piperidine rings is 1. The molecule has 1 saturated heterocycles. The summed E-state index contributed by atoms with van der Waals surface area (Å²) in [6, 6.07) is 11.1. The lowest BCUT2D eigenvalue weighted by atomic mass is 9.96. The molecule has 0 aliphatic carbocycles. The van der Waals surface area contributed by atoms with Crippen molar-refractivity contribution >= 4 is 11.8 Å². The van der Waals surface area contributed by atoms with Gasteiger partial charge in [0, 0.05) is 25.2 Å². The van der Waals surface area contributed by atoms with Crippen molar-refractivity contribution in [2.24, 2.45) is 5.92 Å². The number of nitrogens with zero attached hydrogens (tertiary/aromatic N) is 1. The van der Waals surface area contributed by atoms with Crippen LogP contribution in [0.25, 0.3) is 0 Å². The molecule has 1 N–H and O–H groups in total. The Kier molecular flexibility index (Phi) is 5.64. The van der Waals surface area contributed by atoms with Crippen molar-refractivity contribution in [3.63, 3.8) is 0 Å². The van der Waals surface area contributed by atoms with Crippen molar-refractivity contribution in [1.82, 2.24) is 10.2 Å². The Labute approximate surface area is 168 Å². The maximum absolute atomic E-state index is 13.1. The molecular weight excluding hydrogens is 375 g/mol. The van der Waals surface area contributed by atoms with Crippen molar-refractivity contribution in [3.05, 3.63) is 59.4 Å². The second kappa shape index (κ2) is 8.51. The Balaban J connectivity index is 1.34. The third kappa shape index (κ3) is 4.50. The van der Waals surface area contributed by atoms with Crippen LogP contribution in [0.2, 0.25) is 0 Å². The first-order valence-corrected chi connectivity index (χ1v) is 9.81. The fourth-order valence-electron chi connectivity index (χ4n) is 3.68. The highest BCUT2D eigenvalue weighted by molar-refractivity contribution is 5.94. The van der Waals surface area contributed by atoms with Gasteiger partial charge < -0.3 is 19.7 Å². The number of ether oxygens (including phenoxy) is 2. The van der Waals surface area contributed by atoms with Gasteiger partial charge in [-0.1, -0.05) is 6.07 Å². The molecule has 1 atom stereocenters. The van der Waals surface area contributed by atoms with Crippen LogP contribution in [0.5, 0.6) is 11.5 Å². The molecule has 2 aliphatic heterocycles. The van der Waals surface area contributed by atoms with Crippen LogP contribution < -0.4 is 14.8 Å². The number of likely N-dealkylation sites (tertiary alicyclic amines) is 1. The summed E-state index contributed by atoms with van der Waals surface area (Å²) in [5.74, 6) is 0.526. The minimum Gasteiger partial charge on any atom is -0.486 e. The van der Waals surface area contributed by atoms with Gasteiger partial charge in [0.25, 0.3) is 5.91 Å². The fourth-order valence-corrected chi connectivity index (χ4v) is 3.68. The average molecular weight is 398 g/mol. The highest BCUT2D eigenvalue weighted by Crippen LogP contribution is 2.30. The molecular formula is C22H23FN2O4. The van der Waals surface area contributed by atoms with Gasteiger partial charge in [-0.25, -0.2) is 4.39 Å². The first-order valence-electron chi connectivity index (χ1n) is 9.81. The van der Waals surface area contributed by atoms with Crippen LogP contribution in [0, 0.1) is 11.7 Å². The van der Waals surface area contributed by atoms with E-state index in [1.807, 2.05) is 18.2 Å². The summed E-state index contributed by atoms with van der Waals surface area (Å²) >= 11 is 0. The van der Waals surface area contributed by atoms with Crippen LogP contribution in [0.15, 0.2) is 42.5 Å². The minimum atomic E-state index is -0.378. The van der Waals surface area contributed by atoms with Crippen LogP contribution in [0.1, 0.15) is 28.8 Å². The van der Waals surface area contributed by atoms with Crippen LogP contribution in [0.4, 0.5) is 4.39 Å². The molecule has 0 aromatic heterocycles. The maximum Gasteiger partial charge on any atom is 0.253 e. The monoisotopic (exact) mass is 398 g/mol. The van der Waals surface area contributed by atoms with E-state index < -0.39 is 0 Å². The fraction of sp³-hybridized carbons (Fsp3) is 0.364. The molecule has 0 spiro atoms. The highest BCUT2D eigenvalue weighted by Gasteiger charge is 2.29. The molecule has 0 saturated carbocycles. The number of halogens is 1. The SMILES string of the molecule is O=C(NCc1ccc2c(c1)OCCO2)C1CCCN(C(=O)c2ccc(F)cc2)C1. The molecule has 4 rings (SSSR count). The Morgan fingerprint density at radius 1 is 1.07 bits per heavy atom. The van der Waals surface area contributed by atoms with E-state index in [-0.39, 0.29) is 23.5 Å². The second-order valence-corrected chi connectivity index (χ2v) is 7.29. The molecule has 6 nitrogen and oxygen atoms in total. The van der Waals surface area contributed by atoms with E-state index in [1.54, 1.807) is 4.90 Å². The molecule has 152 valence electrons. The van der Waals surface area contributed by atoms with Crippen LogP contribution in [-0.4, -0.2) is 43.0 Å². The van der Waals surface area contributed by atoms with E-state index in [2.05, 4.69) is 5.32 Å². The molecule has 0 bridgehead atoms. The number of nitrogens with one attached hydrogen (secondary N) is 1. The van der Waals surface area contributed by atoms with Crippen LogP contribution in [0.3, 0.4) is 0 Å². The third-order valence-electron chi connectivity index (χ3n) is 5.24. The summed E-state index contributed by atoms with van der Waals surface area (Å²) in [7, 11) is 0. The van der Waals surface area contributed by atoms with E-state index in [4.69, 9.17) is 9.47 Å². The van der Waals surface area contributed by atoms with E-state index in [9.17, 15) is 14.0 Å². The van der Waals surface area contributed by atoms with Gasteiger partial charge in [-0.2, -0.15) is 0 Å². The van der Waals surface area contributed by atoms with E-state index >= 15 is 0 Å². The smallest absolute Gasteiger partial charge is 0.253 e. The lowest BCUT2D eigenvalue weighted by Crippen LogP contribution is -2.45. The van der Waals surface area contributed by atoms with Gasteiger partial charge in [0.15, 0.2) is 11.5 Å². The topological polar surface area (TPSA) is 67.9 Å². The average Bonchev–Trinajstić information content (AvgIpc) is 2.77. The molecule has 29 heavy (non-hydrogen) atoms. The number of amides is 2. The lowest BCUT2D eigenvalue weighted by molar-refractivity contribution is -0.126. The first-order chi connectivity index (χ1) is 14.1. The Bertz CT molecular complexity index is 900. The molecule has 2 aromatic carbocycles. The predicted octanol–water partition coefficient (Wildman–Crippen LogP) is 2.77. The summed E-state index contributed by atoms with van der Waals surface area (Å²) in [5.41, 5.74) is 1.36. The zero-order valence-electron chi connectivity index (χ0n) is 16.0. The summed E-state index contributed by atoms with van der Waals surface area (Å²) in [6.07, 6.45) is 1.50. The van der Waals surface area contributed by atoms with Gasteiger partial charge in [-0.05, 0) is 54.8 Å². The van der Waals surface area contributed by atoms with Crippen molar-refractivity contribution in [2.45, 2.75) is 19.4 Å². The number of benzene rings is 2. The van der Waals surface area contributed by atoms with Gasteiger partial charge in [-0.15, -0.1) is 0 Å². The molecule has 7 heteroatoms. The zero-order valence-corrected chi connectivity index (χ0v) is 16.0. The van der Waals surface area contributed by atoms with Gasteiger partial charge in [0.2, 0.25) is 5.91 Å². The van der Waals surface area contributed by atoms with Crippen molar-refractivity contribution in [3.8, 4) is 11.5 Å². The zero-order chi connectivity index (χ0) is 20.2. The van der Waals surface area contributed by atoms with Crippen LogP contribution >= 0.6 is 0 Å². The summed E-state index contributed by atoms with van der Waals surface area (Å²) < 4.78 is 24.2. The van der Waals surface area contributed by atoms with Crippen molar-refractivity contribution in [2.75, 3.05) is 26.3 Å². The largest absolute Gasteiger partial charge is 0.486 e. The second-order valence-electron chi connectivity index (χ2n) is 7.29. The number of fused-ring (bicyclic) bond motifs is 1. The van der Waals surface area contributed by atoms with Gasteiger partial charge in [0.05, 0.1) is 5.92 Å². The third-order valence-corrected chi connectivity index (χ3v) is 5.24. The van der Waals surface area contributed by atoms with Gasteiger partial charge in [0.1, 0.15) is 19.0 Å². The number of carbonyl (C=O) groups excluding carboxylic acids is 2. The molecule has 2 amide bonds. The van der Waals surface area contributed by atoms with Crippen LogP contribution in [-0.2, 0) is 11.3 Å². The normalized spacial score (nSPS) is 18.2. The van der Waals surface area contributed by atoms with Gasteiger partial charge in [-0.3, -0.25) is 9.59 Å². The van der Waals surface area contributed by atoms with Crippen molar-refractivity contribution < 1.29 is 23.5 Å². The Morgan fingerprint density at radius 3 is 2.62 bits per heavy atom. The molecule has 2 aromatic rings. The summed E-state index contributed by atoms with van der Waals surface area (Å²) in [5, 5.41) is 2.96. The molecule has 0 radical (unpaired) electrons. The number of carbonyl (C=O) groups is 2. The Morgan fingerprint density at radius 2 is 1.83 bits per heavy atom. The maximum atomic E-state index is 13.1. The predicted molar refractivity (Wildman–Crippen MR) is 104 cm³/mol. The minimum absolute atomic E-state index is 0.0727. The van der Waals surface area contributed by atoms with Crippen molar-refractivity contribution in [1.29, 1.82) is 0 Å². The quantitative estimate of drug-likeness (QED) is 0.860.